The Kier molecular flexibility index (Phi) is 8.85. The van der Waals surface area contributed by atoms with Gasteiger partial charge in [-0.05, 0) is 41.7 Å². The summed E-state index contributed by atoms with van der Waals surface area (Å²) in [5.41, 5.74) is 1.27. The molecule has 176 valence electrons. The number of nitrogens with one attached hydrogen (secondary N) is 1. The molecule has 0 spiro atoms. The molecule has 2 aromatic rings. The highest BCUT2D eigenvalue weighted by molar-refractivity contribution is 7.92. The van der Waals surface area contributed by atoms with E-state index < -0.39 is 22.0 Å². The summed E-state index contributed by atoms with van der Waals surface area (Å²) in [4.78, 5) is 12.9. The molecular formula is C23H30Cl2N2O4S. The SMILES string of the molecule is CC[C@@H](C(=O)NCCOc1ccccc1C(C)(C)C)N(c1ccc(Cl)c(Cl)c1)S(C)(=O)=O. The van der Waals surface area contributed by atoms with Crippen LogP contribution in [0.3, 0.4) is 0 Å². The van der Waals surface area contributed by atoms with E-state index in [1.54, 1.807) is 6.92 Å². The second-order valence-corrected chi connectivity index (χ2v) is 11.1. The summed E-state index contributed by atoms with van der Waals surface area (Å²) in [5, 5.41) is 3.29. The maximum atomic E-state index is 12.9. The largest absolute Gasteiger partial charge is 0.491 e. The van der Waals surface area contributed by atoms with Crippen LogP contribution in [0.25, 0.3) is 0 Å². The molecule has 0 fully saturated rings. The van der Waals surface area contributed by atoms with E-state index in [1.165, 1.54) is 18.2 Å². The first-order chi connectivity index (χ1) is 14.9. The number of hydrogen-bond donors (Lipinski definition) is 1. The van der Waals surface area contributed by atoms with Gasteiger partial charge < -0.3 is 10.1 Å². The van der Waals surface area contributed by atoms with Gasteiger partial charge in [-0.3, -0.25) is 9.10 Å². The third-order valence-electron chi connectivity index (χ3n) is 4.84. The van der Waals surface area contributed by atoms with Gasteiger partial charge in [-0.1, -0.05) is 69.1 Å². The number of nitrogens with zero attached hydrogens (tertiary/aromatic N) is 1. The fourth-order valence-electron chi connectivity index (χ4n) is 3.35. The van der Waals surface area contributed by atoms with Gasteiger partial charge in [-0.2, -0.15) is 0 Å². The van der Waals surface area contributed by atoms with Gasteiger partial charge in [0.2, 0.25) is 15.9 Å². The highest BCUT2D eigenvalue weighted by Gasteiger charge is 2.31. The van der Waals surface area contributed by atoms with Crippen LogP contribution in [-0.2, 0) is 20.2 Å². The number of amides is 1. The van der Waals surface area contributed by atoms with Crippen molar-refractivity contribution < 1.29 is 17.9 Å². The molecule has 0 saturated carbocycles. The van der Waals surface area contributed by atoms with Gasteiger partial charge in [-0.15, -0.1) is 0 Å². The van der Waals surface area contributed by atoms with E-state index in [9.17, 15) is 13.2 Å². The zero-order valence-electron chi connectivity index (χ0n) is 19.0. The van der Waals surface area contributed by atoms with Crippen molar-refractivity contribution in [2.45, 2.75) is 45.6 Å². The fourth-order valence-corrected chi connectivity index (χ4v) is 4.84. The van der Waals surface area contributed by atoms with Crippen molar-refractivity contribution >= 4 is 44.8 Å². The molecule has 0 radical (unpaired) electrons. The Bertz CT molecular complexity index is 1050. The molecule has 0 saturated heterocycles. The Morgan fingerprint density at radius 3 is 2.34 bits per heavy atom. The van der Waals surface area contributed by atoms with E-state index in [2.05, 4.69) is 26.1 Å². The van der Waals surface area contributed by atoms with Crippen molar-refractivity contribution in [1.82, 2.24) is 5.32 Å². The summed E-state index contributed by atoms with van der Waals surface area (Å²) in [7, 11) is -3.76. The molecule has 32 heavy (non-hydrogen) atoms. The Labute approximate surface area is 200 Å². The predicted octanol–water partition coefficient (Wildman–Crippen LogP) is 5.03. The molecule has 1 atom stereocenters. The van der Waals surface area contributed by atoms with Crippen LogP contribution in [0.1, 0.15) is 39.7 Å². The Morgan fingerprint density at radius 1 is 1.12 bits per heavy atom. The number of rotatable bonds is 9. The fraction of sp³-hybridized carbons (Fsp3) is 0.435. The van der Waals surface area contributed by atoms with Crippen LogP contribution in [0.5, 0.6) is 5.75 Å². The molecular weight excluding hydrogens is 471 g/mol. The van der Waals surface area contributed by atoms with Crippen molar-refractivity contribution in [3.05, 3.63) is 58.1 Å². The lowest BCUT2D eigenvalue weighted by molar-refractivity contribution is -0.122. The van der Waals surface area contributed by atoms with Gasteiger partial charge in [0, 0.05) is 0 Å². The lowest BCUT2D eigenvalue weighted by Gasteiger charge is -2.30. The standard InChI is InChI=1S/C23H30Cl2N2O4S/c1-6-20(27(32(5,29)30)16-11-12-18(24)19(25)15-16)22(28)26-13-14-31-21-10-8-7-9-17(21)23(2,3)4/h7-12,15,20H,6,13-14H2,1-5H3,(H,26,28)/t20-/m0/s1. The number of anilines is 1. The number of carbonyl (C=O) groups excluding carboxylic acids is 1. The van der Waals surface area contributed by atoms with Crippen LogP contribution in [0, 0.1) is 0 Å². The monoisotopic (exact) mass is 500 g/mol. The van der Waals surface area contributed by atoms with Gasteiger partial charge in [0.15, 0.2) is 0 Å². The van der Waals surface area contributed by atoms with Crippen molar-refractivity contribution in [2.24, 2.45) is 0 Å². The Morgan fingerprint density at radius 2 is 1.78 bits per heavy atom. The van der Waals surface area contributed by atoms with E-state index in [0.717, 1.165) is 21.9 Å². The molecule has 1 amide bonds. The molecule has 6 nitrogen and oxygen atoms in total. The lowest BCUT2D eigenvalue weighted by atomic mass is 9.86. The van der Waals surface area contributed by atoms with Crippen molar-refractivity contribution in [2.75, 3.05) is 23.7 Å². The molecule has 0 aliphatic carbocycles. The molecule has 0 unspecified atom stereocenters. The predicted molar refractivity (Wildman–Crippen MR) is 132 cm³/mol. The van der Waals surface area contributed by atoms with Gasteiger partial charge in [0.1, 0.15) is 18.4 Å². The maximum Gasteiger partial charge on any atom is 0.244 e. The minimum absolute atomic E-state index is 0.0804. The number of benzene rings is 2. The van der Waals surface area contributed by atoms with E-state index >= 15 is 0 Å². The van der Waals surface area contributed by atoms with Gasteiger partial charge >= 0.3 is 0 Å². The minimum atomic E-state index is -3.76. The molecule has 2 rings (SSSR count). The first-order valence-corrected chi connectivity index (χ1v) is 12.9. The third kappa shape index (κ3) is 6.77. The summed E-state index contributed by atoms with van der Waals surface area (Å²) < 4.78 is 32.0. The maximum absolute atomic E-state index is 12.9. The average Bonchev–Trinajstić information content (AvgIpc) is 2.70. The Hall–Kier alpha value is -1.96. The van der Waals surface area contributed by atoms with Crippen molar-refractivity contribution in [3.63, 3.8) is 0 Å². The highest BCUT2D eigenvalue weighted by atomic mass is 35.5. The normalized spacial score (nSPS) is 12.8. The van der Waals surface area contributed by atoms with Crippen LogP contribution in [0.4, 0.5) is 5.69 Å². The quantitative estimate of drug-likeness (QED) is 0.489. The molecule has 1 N–H and O–H groups in total. The first-order valence-electron chi connectivity index (χ1n) is 10.3. The molecule has 0 heterocycles. The first kappa shape index (κ1) is 26.3. The zero-order chi connectivity index (χ0) is 24.1. The number of para-hydroxylation sites is 1. The van der Waals surface area contributed by atoms with Crippen molar-refractivity contribution in [1.29, 1.82) is 0 Å². The lowest BCUT2D eigenvalue weighted by Crippen LogP contribution is -2.50. The number of carbonyl (C=O) groups is 1. The summed E-state index contributed by atoms with van der Waals surface area (Å²) in [6.07, 6.45) is 1.32. The molecule has 0 aliphatic heterocycles. The smallest absolute Gasteiger partial charge is 0.244 e. The Balaban J connectivity index is 2.11. The van der Waals surface area contributed by atoms with E-state index in [1.807, 2.05) is 24.3 Å². The molecule has 0 aliphatic rings. The highest BCUT2D eigenvalue weighted by Crippen LogP contribution is 2.31. The minimum Gasteiger partial charge on any atom is -0.491 e. The van der Waals surface area contributed by atoms with E-state index in [4.69, 9.17) is 27.9 Å². The van der Waals surface area contributed by atoms with Crippen molar-refractivity contribution in [3.8, 4) is 5.75 Å². The number of halogens is 2. The van der Waals surface area contributed by atoms with Crippen LogP contribution in [0.2, 0.25) is 10.0 Å². The van der Waals surface area contributed by atoms with E-state index in [0.29, 0.717) is 5.02 Å². The molecule has 2 aromatic carbocycles. The van der Waals surface area contributed by atoms with Gasteiger partial charge in [0.25, 0.3) is 0 Å². The third-order valence-corrected chi connectivity index (χ3v) is 6.76. The van der Waals surface area contributed by atoms with E-state index in [-0.39, 0.29) is 35.7 Å². The summed E-state index contributed by atoms with van der Waals surface area (Å²) >= 11 is 12.0. The molecule has 0 bridgehead atoms. The van der Waals surface area contributed by atoms with Crippen LogP contribution in [-0.4, -0.2) is 39.8 Å². The molecule has 9 heteroatoms. The number of hydrogen-bond acceptors (Lipinski definition) is 4. The second-order valence-electron chi connectivity index (χ2n) is 8.47. The summed E-state index contributed by atoms with van der Waals surface area (Å²) in [6, 6.07) is 11.3. The molecule has 0 aromatic heterocycles. The summed E-state index contributed by atoms with van der Waals surface area (Å²) in [6.45, 7) is 8.53. The zero-order valence-corrected chi connectivity index (χ0v) is 21.3. The summed E-state index contributed by atoms with van der Waals surface area (Å²) in [5.74, 6) is 0.339. The van der Waals surface area contributed by atoms with Gasteiger partial charge in [-0.25, -0.2) is 8.42 Å². The number of sulfonamides is 1. The van der Waals surface area contributed by atoms with Crippen LogP contribution < -0.4 is 14.4 Å². The van der Waals surface area contributed by atoms with Crippen LogP contribution in [0.15, 0.2) is 42.5 Å². The topological polar surface area (TPSA) is 75.7 Å². The number of ether oxygens (including phenoxy) is 1. The second kappa shape index (κ2) is 10.8. The van der Waals surface area contributed by atoms with Crippen LogP contribution >= 0.6 is 23.2 Å². The average molecular weight is 501 g/mol. The van der Waals surface area contributed by atoms with Gasteiger partial charge in [0.05, 0.1) is 28.5 Å².